The number of hydrogen-bond acceptors (Lipinski definition) is 2. The van der Waals surface area contributed by atoms with Crippen LogP contribution in [0.3, 0.4) is 0 Å². The lowest BCUT2D eigenvalue weighted by Gasteiger charge is -2.22. The molecule has 1 unspecified atom stereocenters. The molecule has 0 radical (unpaired) electrons. The lowest BCUT2D eigenvalue weighted by molar-refractivity contribution is 0.516. The zero-order chi connectivity index (χ0) is 11.0. The Morgan fingerprint density at radius 1 is 1.57 bits per heavy atom. The third kappa shape index (κ3) is 2.85. The first-order valence-corrected chi connectivity index (χ1v) is 6.09. The van der Waals surface area contributed by atoms with Gasteiger partial charge in [-0.25, -0.2) is 8.93 Å². The maximum Gasteiger partial charge on any atom is 0.154 e. The summed E-state index contributed by atoms with van der Waals surface area (Å²) in [5, 5.41) is 4.58. The van der Waals surface area contributed by atoms with E-state index in [0.29, 0.717) is 5.03 Å². The molecule has 0 fully saturated rings. The highest BCUT2D eigenvalue weighted by Gasteiger charge is 2.18. The van der Waals surface area contributed by atoms with Crippen LogP contribution in [-0.4, -0.2) is 25.4 Å². The van der Waals surface area contributed by atoms with Crippen LogP contribution in [0, 0.1) is 0 Å². The van der Waals surface area contributed by atoms with Crippen LogP contribution < -0.4 is 4.72 Å². The van der Waals surface area contributed by atoms with E-state index in [4.69, 9.17) is 0 Å². The van der Waals surface area contributed by atoms with Crippen molar-refractivity contribution in [2.45, 2.75) is 31.3 Å². The van der Waals surface area contributed by atoms with Crippen molar-refractivity contribution in [1.29, 1.82) is 0 Å². The monoisotopic (exact) mass is 215 g/mol. The summed E-state index contributed by atoms with van der Waals surface area (Å²) < 4.78 is 16.7. The molecule has 0 amide bonds. The summed E-state index contributed by atoms with van der Waals surface area (Å²) in [6, 6.07) is 1.72. The van der Waals surface area contributed by atoms with E-state index in [1.807, 2.05) is 20.8 Å². The molecule has 0 aliphatic rings. The standard InChI is InChI=1S/C9H17N3OS/c1-9(2,3)11-14(5,13)8-6-7-12(4)10-8/h6-7H,5H2,1-4H3,(H,11,13). The van der Waals surface area contributed by atoms with Gasteiger partial charge in [-0.05, 0) is 32.7 Å². The molecule has 5 heteroatoms. The summed E-state index contributed by atoms with van der Waals surface area (Å²) in [5.41, 5.74) is -0.240. The minimum absolute atomic E-state index is 0.240. The zero-order valence-electron chi connectivity index (χ0n) is 9.07. The number of rotatable bonds is 2. The van der Waals surface area contributed by atoms with Crippen LogP contribution in [0.5, 0.6) is 0 Å². The maximum absolute atomic E-state index is 12.1. The molecule has 1 heterocycles. The summed E-state index contributed by atoms with van der Waals surface area (Å²) in [4.78, 5) is 0. The normalized spacial score (nSPS) is 16.6. The van der Waals surface area contributed by atoms with Gasteiger partial charge in [0.15, 0.2) is 5.03 Å². The Morgan fingerprint density at radius 2 is 2.14 bits per heavy atom. The predicted molar refractivity (Wildman–Crippen MR) is 59.6 cm³/mol. The number of aromatic nitrogens is 2. The van der Waals surface area contributed by atoms with Crippen molar-refractivity contribution in [3.05, 3.63) is 12.3 Å². The van der Waals surface area contributed by atoms with Crippen LogP contribution in [0.4, 0.5) is 0 Å². The van der Waals surface area contributed by atoms with Crippen LogP contribution in [0.25, 0.3) is 0 Å². The van der Waals surface area contributed by atoms with Crippen molar-refractivity contribution in [3.63, 3.8) is 0 Å². The van der Waals surface area contributed by atoms with Gasteiger partial charge in [-0.3, -0.25) is 4.68 Å². The Labute approximate surface area is 85.5 Å². The third-order valence-electron chi connectivity index (χ3n) is 1.50. The minimum Gasteiger partial charge on any atom is -0.275 e. The molecule has 0 aliphatic carbocycles. The molecule has 1 rings (SSSR count). The van der Waals surface area contributed by atoms with Gasteiger partial charge >= 0.3 is 0 Å². The molecule has 4 nitrogen and oxygen atoms in total. The van der Waals surface area contributed by atoms with Gasteiger partial charge in [0.05, 0.1) is 9.71 Å². The van der Waals surface area contributed by atoms with E-state index < -0.39 is 9.71 Å². The maximum atomic E-state index is 12.1. The van der Waals surface area contributed by atoms with Crippen molar-refractivity contribution >= 4 is 15.6 Å². The molecule has 0 bridgehead atoms. The van der Waals surface area contributed by atoms with Crippen LogP contribution in [0.1, 0.15) is 20.8 Å². The smallest absolute Gasteiger partial charge is 0.154 e. The molecule has 1 aromatic heterocycles. The average molecular weight is 215 g/mol. The molecule has 0 spiro atoms. The van der Waals surface area contributed by atoms with Gasteiger partial charge in [-0.1, -0.05) is 0 Å². The molecular formula is C9H17N3OS. The first-order valence-electron chi connectivity index (χ1n) is 4.36. The molecule has 1 aromatic rings. The second kappa shape index (κ2) is 3.40. The molecule has 80 valence electrons. The molecule has 0 saturated heterocycles. The molecule has 0 saturated carbocycles. The Balaban J connectivity index is 2.98. The largest absolute Gasteiger partial charge is 0.275 e. The van der Waals surface area contributed by atoms with E-state index >= 15 is 0 Å². The van der Waals surface area contributed by atoms with Gasteiger partial charge in [0.2, 0.25) is 0 Å². The lowest BCUT2D eigenvalue weighted by Crippen LogP contribution is -2.40. The fourth-order valence-electron chi connectivity index (χ4n) is 1.12. The number of aryl methyl sites for hydroxylation is 1. The van der Waals surface area contributed by atoms with Crippen molar-refractivity contribution < 1.29 is 4.21 Å². The van der Waals surface area contributed by atoms with Crippen molar-refractivity contribution in [3.8, 4) is 0 Å². The second-order valence-corrected chi connectivity index (χ2v) is 6.33. The predicted octanol–water partition coefficient (Wildman–Crippen LogP) is 0.798. The lowest BCUT2D eigenvalue weighted by atomic mass is 10.1. The highest BCUT2D eigenvalue weighted by Crippen LogP contribution is 2.09. The second-order valence-electron chi connectivity index (χ2n) is 4.35. The Bertz CT molecular complexity index is 412. The summed E-state index contributed by atoms with van der Waals surface area (Å²) in [7, 11) is -0.691. The topological polar surface area (TPSA) is 46.9 Å². The van der Waals surface area contributed by atoms with Crippen LogP contribution in [0.15, 0.2) is 17.3 Å². The molecule has 0 aromatic carbocycles. The minimum atomic E-state index is -2.48. The summed E-state index contributed by atoms with van der Waals surface area (Å²) in [6.45, 7) is 5.84. The summed E-state index contributed by atoms with van der Waals surface area (Å²) in [6.07, 6.45) is 1.75. The highest BCUT2D eigenvalue weighted by atomic mass is 32.2. The quantitative estimate of drug-likeness (QED) is 0.742. The zero-order valence-corrected chi connectivity index (χ0v) is 9.89. The number of nitrogens with zero attached hydrogens (tertiary/aromatic N) is 2. The van der Waals surface area contributed by atoms with E-state index in [1.54, 1.807) is 24.0 Å². The van der Waals surface area contributed by atoms with Gasteiger partial charge < -0.3 is 0 Å². The number of nitrogens with one attached hydrogen (secondary N) is 1. The van der Waals surface area contributed by atoms with Crippen LogP contribution in [0.2, 0.25) is 0 Å². The highest BCUT2D eigenvalue weighted by molar-refractivity contribution is 7.98. The Morgan fingerprint density at radius 3 is 2.50 bits per heavy atom. The van der Waals surface area contributed by atoms with E-state index in [1.165, 1.54) is 0 Å². The first kappa shape index (κ1) is 11.3. The van der Waals surface area contributed by atoms with Gasteiger partial charge in [-0.2, -0.15) is 5.10 Å². The number of hydrogen-bond donors (Lipinski definition) is 1. The van der Waals surface area contributed by atoms with Gasteiger partial charge in [0.1, 0.15) is 0 Å². The fraction of sp³-hybridized carbons (Fsp3) is 0.556. The molecule has 14 heavy (non-hydrogen) atoms. The van der Waals surface area contributed by atoms with E-state index in [2.05, 4.69) is 15.7 Å². The van der Waals surface area contributed by atoms with Crippen molar-refractivity contribution in [1.82, 2.24) is 14.5 Å². The van der Waals surface area contributed by atoms with Gasteiger partial charge in [-0.15, -0.1) is 0 Å². The van der Waals surface area contributed by atoms with Crippen LogP contribution in [-0.2, 0) is 16.8 Å². The fourth-order valence-corrected chi connectivity index (χ4v) is 2.75. The van der Waals surface area contributed by atoms with Crippen molar-refractivity contribution in [2.24, 2.45) is 7.05 Å². The van der Waals surface area contributed by atoms with E-state index in [-0.39, 0.29) is 5.54 Å². The third-order valence-corrected chi connectivity index (χ3v) is 3.33. The SMILES string of the molecule is C=S(=O)(NC(C)(C)C)c1ccn(C)n1. The Hall–Kier alpha value is -0.810. The molecular weight excluding hydrogens is 198 g/mol. The van der Waals surface area contributed by atoms with Gasteiger partial charge in [0.25, 0.3) is 0 Å². The first-order chi connectivity index (χ1) is 6.21. The molecule has 1 atom stereocenters. The van der Waals surface area contributed by atoms with Crippen LogP contribution >= 0.6 is 0 Å². The van der Waals surface area contributed by atoms with Crippen molar-refractivity contribution in [2.75, 3.05) is 0 Å². The molecule has 1 N–H and O–H groups in total. The average Bonchev–Trinajstić information content (AvgIpc) is 2.29. The molecule has 0 aliphatic heterocycles. The Kier molecular flexibility index (Phi) is 2.74. The summed E-state index contributed by atoms with van der Waals surface area (Å²) >= 11 is 0. The van der Waals surface area contributed by atoms with Gasteiger partial charge in [0, 0.05) is 18.8 Å². The summed E-state index contributed by atoms with van der Waals surface area (Å²) in [5.74, 6) is 3.68. The van der Waals surface area contributed by atoms with E-state index in [0.717, 1.165) is 0 Å². The van der Waals surface area contributed by atoms with E-state index in [9.17, 15) is 4.21 Å².